The molecule has 0 unspecified atom stereocenters. The Morgan fingerprint density at radius 3 is 3.06 bits per heavy atom. The van der Waals surface area contributed by atoms with Gasteiger partial charge in [0.05, 0.1) is 0 Å². The molecule has 1 aromatic rings. The number of hydrogen-bond acceptors (Lipinski definition) is 2. The van der Waals surface area contributed by atoms with Crippen LogP contribution in [0, 0.1) is 0 Å². The van der Waals surface area contributed by atoms with E-state index in [1.807, 2.05) is 0 Å². The lowest BCUT2D eigenvalue weighted by atomic mass is 10.0. The van der Waals surface area contributed by atoms with Crippen molar-refractivity contribution in [2.24, 2.45) is 0 Å². The first-order valence-corrected chi connectivity index (χ1v) is 6.75. The van der Waals surface area contributed by atoms with Gasteiger partial charge in [-0.25, -0.2) is 4.98 Å². The summed E-state index contributed by atoms with van der Waals surface area (Å²) >= 11 is 6.12. The molecule has 2 nitrogen and oxygen atoms in total. The SMILES string of the molecule is C/C=C\C(=C/C)CN1CCc2c(ccnc2Cl)C1. The molecule has 3 heteroatoms. The summed E-state index contributed by atoms with van der Waals surface area (Å²) < 4.78 is 0. The Morgan fingerprint density at radius 2 is 2.33 bits per heavy atom. The second-order valence-corrected chi connectivity index (χ2v) is 4.92. The minimum absolute atomic E-state index is 0.673. The van der Waals surface area contributed by atoms with Crippen molar-refractivity contribution >= 4 is 11.6 Å². The normalized spacial score (nSPS) is 17.2. The largest absolute Gasteiger partial charge is 0.295 e. The zero-order valence-electron chi connectivity index (χ0n) is 11.0. The van der Waals surface area contributed by atoms with Crippen molar-refractivity contribution in [1.82, 2.24) is 9.88 Å². The predicted octanol–water partition coefficient (Wildman–Crippen LogP) is 3.62. The topological polar surface area (TPSA) is 16.1 Å². The average Bonchev–Trinajstić information content (AvgIpc) is 2.38. The van der Waals surface area contributed by atoms with E-state index >= 15 is 0 Å². The summed E-state index contributed by atoms with van der Waals surface area (Å²) in [6.07, 6.45) is 9.24. The van der Waals surface area contributed by atoms with Crippen molar-refractivity contribution in [2.45, 2.75) is 26.8 Å². The Bertz CT molecular complexity index is 477. The van der Waals surface area contributed by atoms with E-state index in [4.69, 9.17) is 11.6 Å². The molecule has 0 amide bonds. The van der Waals surface area contributed by atoms with E-state index in [2.05, 4.69) is 48.0 Å². The number of halogens is 1. The highest BCUT2D eigenvalue weighted by molar-refractivity contribution is 6.30. The fourth-order valence-electron chi connectivity index (χ4n) is 2.35. The van der Waals surface area contributed by atoms with Crippen LogP contribution in [0.15, 0.2) is 36.1 Å². The molecule has 0 bridgehead atoms. The molecule has 1 aliphatic rings. The van der Waals surface area contributed by atoms with Crippen LogP contribution >= 0.6 is 11.6 Å². The first-order chi connectivity index (χ1) is 8.74. The van der Waals surface area contributed by atoms with E-state index in [0.29, 0.717) is 5.15 Å². The average molecular weight is 263 g/mol. The molecule has 0 saturated carbocycles. The Balaban J connectivity index is 2.08. The van der Waals surface area contributed by atoms with Gasteiger partial charge in [-0.05, 0) is 43.0 Å². The molecule has 0 aliphatic carbocycles. The van der Waals surface area contributed by atoms with Gasteiger partial charge in [-0.15, -0.1) is 0 Å². The molecule has 0 spiro atoms. The third kappa shape index (κ3) is 3.01. The third-order valence-electron chi connectivity index (χ3n) is 3.33. The summed E-state index contributed by atoms with van der Waals surface area (Å²) in [7, 11) is 0. The molecule has 2 rings (SSSR count). The zero-order chi connectivity index (χ0) is 13.0. The van der Waals surface area contributed by atoms with Gasteiger partial charge in [-0.1, -0.05) is 29.8 Å². The minimum atomic E-state index is 0.673. The molecule has 0 fully saturated rings. The van der Waals surface area contributed by atoms with Crippen molar-refractivity contribution in [3.63, 3.8) is 0 Å². The van der Waals surface area contributed by atoms with Crippen molar-refractivity contribution in [3.05, 3.63) is 52.3 Å². The maximum atomic E-state index is 6.12. The van der Waals surface area contributed by atoms with Crippen LogP contribution < -0.4 is 0 Å². The summed E-state index contributed by atoms with van der Waals surface area (Å²) in [5.74, 6) is 0. The monoisotopic (exact) mass is 262 g/mol. The lowest BCUT2D eigenvalue weighted by Crippen LogP contribution is -2.32. The summed E-state index contributed by atoms with van der Waals surface area (Å²) in [5, 5.41) is 0.673. The lowest BCUT2D eigenvalue weighted by Gasteiger charge is -2.29. The summed E-state index contributed by atoms with van der Waals surface area (Å²) in [6.45, 7) is 7.16. The molecule has 0 aromatic carbocycles. The number of nitrogens with zero attached hydrogens (tertiary/aromatic N) is 2. The van der Waals surface area contributed by atoms with Crippen molar-refractivity contribution in [1.29, 1.82) is 0 Å². The van der Waals surface area contributed by atoms with Gasteiger partial charge in [0.1, 0.15) is 5.15 Å². The number of aromatic nitrogens is 1. The van der Waals surface area contributed by atoms with Crippen molar-refractivity contribution in [3.8, 4) is 0 Å². The van der Waals surface area contributed by atoms with Gasteiger partial charge in [-0.2, -0.15) is 0 Å². The number of hydrogen-bond donors (Lipinski definition) is 0. The van der Waals surface area contributed by atoms with Crippen molar-refractivity contribution in [2.75, 3.05) is 13.1 Å². The second-order valence-electron chi connectivity index (χ2n) is 4.56. The molecular weight excluding hydrogens is 244 g/mol. The Hall–Kier alpha value is -1.12. The van der Waals surface area contributed by atoms with E-state index in [0.717, 1.165) is 26.1 Å². The number of fused-ring (bicyclic) bond motifs is 1. The number of pyridine rings is 1. The third-order valence-corrected chi connectivity index (χ3v) is 3.66. The van der Waals surface area contributed by atoms with Crippen LogP contribution in [0.25, 0.3) is 0 Å². The first kappa shape index (κ1) is 13.3. The number of allylic oxidation sites excluding steroid dienone is 2. The van der Waals surface area contributed by atoms with Crippen LogP contribution in [-0.4, -0.2) is 23.0 Å². The maximum absolute atomic E-state index is 6.12. The van der Waals surface area contributed by atoms with Crippen LogP contribution in [-0.2, 0) is 13.0 Å². The zero-order valence-corrected chi connectivity index (χ0v) is 11.7. The van der Waals surface area contributed by atoms with E-state index in [1.165, 1.54) is 16.7 Å². The standard InChI is InChI=1S/C15H19ClN2/c1-3-5-12(4-2)10-18-9-7-14-13(11-18)6-8-17-15(14)16/h3-6,8H,7,9-11H2,1-2H3/b5-3-,12-4+. The second kappa shape index (κ2) is 6.17. The van der Waals surface area contributed by atoms with Gasteiger partial charge in [0, 0.05) is 25.8 Å². The van der Waals surface area contributed by atoms with E-state index in [1.54, 1.807) is 6.20 Å². The summed E-state index contributed by atoms with van der Waals surface area (Å²) in [4.78, 5) is 6.60. The molecule has 0 saturated heterocycles. The number of rotatable bonds is 3. The molecule has 1 aliphatic heterocycles. The molecule has 0 atom stereocenters. The molecule has 2 heterocycles. The van der Waals surface area contributed by atoms with Crippen LogP contribution in [0.2, 0.25) is 5.15 Å². The van der Waals surface area contributed by atoms with E-state index in [-0.39, 0.29) is 0 Å². The van der Waals surface area contributed by atoms with Crippen LogP contribution in [0.1, 0.15) is 25.0 Å². The Morgan fingerprint density at radius 1 is 1.50 bits per heavy atom. The fraction of sp³-hybridized carbons (Fsp3) is 0.400. The summed E-state index contributed by atoms with van der Waals surface area (Å²) in [6, 6.07) is 2.08. The Kier molecular flexibility index (Phi) is 4.56. The van der Waals surface area contributed by atoms with Gasteiger partial charge in [0.25, 0.3) is 0 Å². The smallest absolute Gasteiger partial charge is 0.132 e. The first-order valence-electron chi connectivity index (χ1n) is 6.37. The molecule has 0 N–H and O–H groups in total. The van der Waals surface area contributed by atoms with Crippen LogP contribution in [0.5, 0.6) is 0 Å². The molecule has 0 radical (unpaired) electrons. The predicted molar refractivity (Wildman–Crippen MR) is 76.8 cm³/mol. The van der Waals surface area contributed by atoms with Crippen LogP contribution in [0.3, 0.4) is 0 Å². The quantitative estimate of drug-likeness (QED) is 0.611. The van der Waals surface area contributed by atoms with Gasteiger partial charge in [-0.3, -0.25) is 4.90 Å². The highest BCUT2D eigenvalue weighted by atomic mass is 35.5. The maximum Gasteiger partial charge on any atom is 0.132 e. The minimum Gasteiger partial charge on any atom is -0.295 e. The van der Waals surface area contributed by atoms with Gasteiger partial charge < -0.3 is 0 Å². The molecule has 96 valence electrons. The van der Waals surface area contributed by atoms with E-state index < -0.39 is 0 Å². The highest BCUT2D eigenvalue weighted by Gasteiger charge is 2.18. The Labute approximate surface area is 114 Å². The lowest BCUT2D eigenvalue weighted by molar-refractivity contribution is 0.277. The van der Waals surface area contributed by atoms with Gasteiger partial charge >= 0.3 is 0 Å². The highest BCUT2D eigenvalue weighted by Crippen LogP contribution is 2.24. The summed E-state index contributed by atoms with van der Waals surface area (Å²) in [5.41, 5.74) is 3.90. The van der Waals surface area contributed by atoms with Gasteiger partial charge in [0.2, 0.25) is 0 Å². The van der Waals surface area contributed by atoms with E-state index in [9.17, 15) is 0 Å². The fourth-order valence-corrected chi connectivity index (χ4v) is 2.63. The van der Waals surface area contributed by atoms with Gasteiger partial charge in [0.15, 0.2) is 0 Å². The molecule has 18 heavy (non-hydrogen) atoms. The molecular formula is C15H19ClN2. The molecule has 1 aromatic heterocycles. The van der Waals surface area contributed by atoms with Crippen LogP contribution in [0.4, 0.5) is 0 Å². The van der Waals surface area contributed by atoms with Crippen molar-refractivity contribution < 1.29 is 0 Å².